The highest BCUT2D eigenvalue weighted by Crippen LogP contribution is 2.46. The molecule has 50 heavy (non-hydrogen) atoms. The molecule has 16 heteroatoms. The number of aliphatic hydroxyl groups is 1. The summed E-state index contributed by atoms with van der Waals surface area (Å²) in [5.41, 5.74) is -2.35. The number of amides is 5. The summed E-state index contributed by atoms with van der Waals surface area (Å²) in [6.45, 7) is 2.46. The number of nitrogens with zero attached hydrogens (tertiary/aromatic N) is 2. The summed E-state index contributed by atoms with van der Waals surface area (Å²) < 4.78 is 47.7. The van der Waals surface area contributed by atoms with Gasteiger partial charge in [-0.2, -0.15) is 0 Å². The average Bonchev–Trinajstić information content (AvgIpc) is 3.93. The highest BCUT2D eigenvalue weighted by molar-refractivity contribution is 7.91. The van der Waals surface area contributed by atoms with Crippen molar-refractivity contribution in [2.75, 3.05) is 6.54 Å². The largest absolute Gasteiger partial charge is 0.444 e. The number of ether oxygens (including phenoxy) is 1. The van der Waals surface area contributed by atoms with Crippen LogP contribution in [0.15, 0.2) is 30.4 Å². The molecule has 3 aliphatic heterocycles. The minimum atomic E-state index is -3.93. The number of carbonyl (C=O) groups excluding carboxylic acids is 5. The van der Waals surface area contributed by atoms with Crippen molar-refractivity contribution in [3.63, 3.8) is 0 Å². The lowest BCUT2D eigenvalue weighted by Crippen LogP contribution is -2.59. The van der Waals surface area contributed by atoms with E-state index in [0.717, 1.165) is 6.42 Å². The van der Waals surface area contributed by atoms with E-state index in [1.54, 1.807) is 18.2 Å². The Morgan fingerprint density at radius 1 is 1.10 bits per heavy atom. The number of hydrogen-bond donors (Lipinski definition) is 4. The molecule has 3 heterocycles. The number of carbonyl (C=O) groups is 5. The molecule has 2 saturated carbocycles. The number of fused-ring (bicyclic) bond motifs is 3. The summed E-state index contributed by atoms with van der Waals surface area (Å²) >= 11 is 0. The Labute approximate surface area is 290 Å². The SMILES string of the molecule is CC(C)(O)C(=O)N[C@H]1CCCCCC=C[C@@H]2C[C@@]2(C(=O)NS(=O)(=O)C2CC2)NC(=O)[C@@H]2C[C@@H](OC(=O)N3Cc4cccc(F)c4C3)CN2C1=O. The molecule has 5 amide bonds. The van der Waals surface area contributed by atoms with Crippen molar-refractivity contribution in [1.82, 2.24) is 25.2 Å². The van der Waals surface area contributed by atoms with Gasteiger partial charge in [-0.1, -0.05) is 37.1 Å². The molecule has 6 rings (SSSR count). The Morgan fingerprint density at radius 3 is 2.56 bits per heavy atom. The third-order valence-corrected chi connectivity index (χ3v) is 12.0. The number of hydrogen-bond acceptors (Lipinski definition) is 9. The van der Waals surface area contributed by atoms with Crippen LogP contribution in [-0.2, 0) is 47.0 Å². The average molecular weight is 718 g/mol. The van der Waals surface area contributed by atoms with Crippen molar-refractivity contribution < 1.29 is 46.6 Å². The number of benzene rings is 1. The Balaban J connectivity index is 1.26. The second-order valence-corrected chi connectivity index (χ2v) is 16.5. The third-order valence-electron chi connectivity index (χ3n) is 10.2. The van der Waals surface area contributed by atoms with Crippen LogP contribution in [0.2, 0.25) is 0 Å². The Hall–Kier alpha value is -4.05. The fourth-order valence-corrected chi connectivity index (χ4v) is 8.27. The maximum absolute atomic E-state index is 14.4. The smallest absolute Gasteiger partial charge is 0.410 e. The number of halogens is 1. The van der Waals surface area contributed by atoms with E-state index in [2.05, 4.69) is 15.4 Å². The van der Waals surface area contributed by atoms with Gasteiger partial charge in [0.2, 0.25) is 21.8 Å². The van der Waals surface area contributed by atoms with Gasteiger partial charge in [-0.15, -0.1) is 0 Å². The van der Waals surface area contributed by atoms with Crippen LogP contribution in [0, 0.1) is 11.7 Å². The molecule has 0 radical (unpaired) electrons. The van der Waals surface area contributed by atoms with Gasteiger partial charge in [0.15, 0.2) is 0 Å². The van der Waals surface area contributed by atoms with Crippen molar-refractivity contribution >= 4 is 39.7 Å². The van der Waals surface area contributed by atoms with E-state index in [1.807, 2.05) is 6.08 Å². The maximum atomic E-state index is 14.4. The summed E-state index contributed by atoms with van der Waals surface area (Å²) in [6, 6.07) is 2.20. The first-order chi connectivity index (χ1) is 23.6. The van der Waals surface area contributed by atoms with Crippen LogP contribution < -0.4 is 15.4 Å². The predicted molar refractivity (Wildman–Crippen MR) is 176 cm³/mol. The molecule has 1 saturated heterocycles. The fraction of sp³-hybridized carbons (Fsp3) is 0.618. The molecule has 272 valence electrons. The molecule has 0 aromatic heterocycles. The van der Waals surface area contributed by atoms with E-state index in [9.17, 15) is 41.9 Å². The van der Waals surface area contributed by atoms with Crippen LogP contribution in [0.25, 0.3) is 0 Å². The molecular formula is C34H44FN5O9S. The Kier molecular flexibility index (Phi) is 9.72. The molecule has 0 bridgehead atoms. The van der Waals surface area contributed by atoms with Crippen LogP contribution in [0.4, 0.5) is 9.18 Å². The summed E-state index contributed by atoms with van der Waals surface area (Å²) in [5.74, 6) is -3.94. The van der Waals surface area contributed by atoms with Gasteiger partial charge in [0.25, 0.3) is 11.8 Å². The van der Waals surface area contributed by atoms with Gasteiger partial charge in [-0.05, 0) is 64.0 Å². The molecule has 0 unspecified atom stereocenters. The third kappa shape index (κ3) is 7.50. The standard InChI is InChI=1S/C34H44FN5O9S/c1-33(2,46)30(43)36-26-12-7-5-3-4-6-10-21-16-34(21,31(44)38-50(47,48)23-13-14-23)37-28(41)27-15-22(18-40(27)29(26)42)49-32(45)39-17-20-9-8-11-25(35)24(20)19-39/h6,8-11,21-23,26-27,46H,3-5,7,12-19H2,1-2H3,(H,36,43)(H,37,41)(H,38,44)/t21-,22-,26+,27+,34-/m1/s1. The summed E-state index contributed by atoms with van der Waals surface area (Å²) in [7, 11) is -3.93. The van der Waals surface area contributed by atoms with Gasteiger partial charge in [-0.3, -0.25) is 28.8 Å². The Morgan fingerprint density at radius 2 is 1.86 bits per heavy atom. The molecule has 0 spiro atoms. The highest BCUT2D eigenvalue weighted by Gasteiger charge is 2.62. The highest BCUT2D eigenvalue weighted by atomic mass is 32.2. The molecular weight excluding hydrogens is 673 g/mol. The minimum Gasteiger partial charge on any atom is -0.444 e. The first-order valence-electron chi connectivity index (χ1n) is 17.2. The van der Waals surface area contributed by atoms with Crippen molar-refractivity contribution in [2.24, 2.45) is 5.92 Å². The first-order valence-corrected chi connectivity index (χ1v) is 18.7. The van der Waals surface area contributed by atoms with E-state index in [-0.39, 0.29) is 38.9 Å². The van der Waals surface area contributed by atoms with Crippen molar-refractivity contribution in [3.05, 3.63) is 47.3 Å². The molecule has 4 N–H and O–H groups in total. The van der Waals surface area contributed by atoms with Crippen LogP contribution in [0.5, 0.6) is 0 Å². The monoisotopic (exact) mass is 717 g/mol. The van der Waals surface area contributed by atoms with E-state index >= 15 is 0 Å². The zero-order chi connectivity index (χ0) is 36.0. The normalized spacial score (nSPS) is 28.7. The van der Waals surface area contributed by atoms with Gasteiger partial charge in [0.05, 0.1) is 18.3 Å². The molecule has 1 aromatic rings. The lowest BCUT2D eigenvalue weighted by Gasteiger charge is -2.31. The molecule has 2 aliphatic carbocycles. The van der Waals surface area contributed by atoms with Gasteiger partial charge >= 0.3 is 6.09 Å². The Bertz CT molecular complexity index is 1710. The summed E-state index contributed by atoms with van der Waals surface area (Å²) in [4.78, 5) is 70.5. The lowest BCUT2D eigenvalue weighted by atomic mass is 10.0. The van der Waals surface area contributed by atoms with Crippen LogP contribution in [0.1, 0.15) is 82.8 Å². The van der Waals surface area contributed by atoms with Gasteiger partial charge in [0, 0.05) is 24.4 Å². The zero-order valence-electron chi connectivity index (χ0n) is 28.2. The summed E-state index contributed by atoms with van der Waals surface area (Å²) in [6.07, 6.45) is 5.66. The van der Waals surface area contributed by atoms with Crippen LogP contribution >= 0.6 is 0 Å². The molecule has 3 fully saturated rings. The zero-order valence-corrected chi connectivity index (χ0v) is 29.0. The van der Waals surface area contributed by atoms with Crippen LogP contribution in [0.3, 0.4) is 0 Å². The molecule has 1 aromatic carbocycles. The maximum Gasteiger partial charge on any atom is 0.410 e. The van der Waals surface area contributed by atoms with E-state index in [4.69, 9.17) is 4.74 Å². The quantitative estimate of drug-likeness (QED) is 0.316. The van der Waals surface area contributed by atoms with Crippen molar-refractivity contribution in [3.8, 4) is 0 Å². The van der Waals surface area contributed by atoms with E-state index < -0.39 is 86.1 Å². The number of sulfonamides is 1. The first kappa shape index (κ1) is 35.8. The van der Waals surface area contributed by atoms with Crippen molar-refractivity contribution in [1.29, 1.82) is 0 Å². The van der Waals surface area contributed by atoms with E-state index in [1.165, 1.54) is 29.7 Å². The topological polar surface area (TPSA) is 192 Å². The van der Waals surface area contributed by atoms with Gasteiger partial charge < -0.3 is 25.4 Å². The van der Waals surface area contributed by atoms with Crippen LogP contribution in [-0.4, -0.2) is 94.2 Å². The number of allylic oxidation sites excluding steroid dienone is 1. The summed E-state index contributed by atoms with van der Waals surface area (Å²) in [5, 5.41) is 15.0. The molecule has 5 aliphatic rings. The van der Waals surface area contributed by atoms with Gasteiger partial charge in [-0.25, -0.2) is 17.6 Å². The number of rotatable bonds is 6. The van der Waals surface area contributed by atoms with Gasteiger partial charge in [0.1, 0.15) is 35.1 Å². The lowest BCUT2D eigenvalue weighted by molar-refractivity contribution is -0.145. The predicted octanol–water partition coefficient (Wildman–Crippen LogP) is 1.51. The second-order valence-electron chi connectivity index (χ2n) is 14.6. The minimum absolute atomic E-state index is 0.0124. The van der Waals surface area contributed by atoms with E-state index in [0.29, 0.717) is 43.2 Å². The molecule has 14 nitrogen and oxygen atoms in total. The molecule has 5 atom stereocenters. The van der Waals surface area contributed by atoms with Crippen molar-refractivity contribution in [2.45, 2.75) is 119 Å². The second kappa shape index (κ2) is 13.6. The number of nitrogens with one attached hydrogen (secondary N) is 3. The fourth-order valence-electron chi connectivity index (χ4n) is 6.91.